The van der Waals surface area contributed by atoms with Crippen molar-refractivity contribution in [1.82, 2.24) is 14.5 Å². The van der Waals surface area contributed by atoms with Crippen molar-refractivity contribution in [2.45, 2.75) is 13.0 Å². The summed E-state index contributed by atoms with van der Waals surface area (Å²) in [4.78, 5) is 20.8. The van der Waals surface area contributed by atoms with Crippen molar-refractivity contribution in [1.29, 1.82) is 0 Å². The summed E-state index contributed by atoms with van der Waals surface area (Å²) in [5, 5.41) is 13.6. The molecule has 4 aromatic rings. The summed E-state index contributed by atoms with van der Waals surface area (Å²) in [7, 11) is 1.88. The third kappa shape index (κ3) is 3.37. The number of aliphatic hydroxyl groups is 1. The van der Waals surface area contributed by atoms with Crippen molar-refractivity contribution in [2.75, 3.05) is 11.1 Å². The number of carbonyl (C=O) groups excluding carboxylic acids is 1. The molecule has 4 N–H and O–H groups in total. The Labute approximate surface area is 172 Å². The predicted molar refractivity (Wildman–Crippen MR) is 113 cm³/mol. The Kier molecular flexibility index (Phi) is 4.93. The molecule has 2 aromatic carbocycles. The summed E-state index contributed by atoms with van der Waals surface area (Å²) in [5.41, 5.74) is 9.88. The van der Waals surface area contributed by atoms with Gasteiger partial charge in [-0.3, -0.25) is 4.79 Å². The highest BCUT2D eigenvalue weighted by atomic mass is 19.1. The van der Waals surface area contributed by atoms with Crippen LogP contribution in [0.5, 0.6) is 0 Å². The highest BCUT2D eigenvalue weighted by Crippen LogP contribution is 2.35. The normalized spacial score (nSPS) is 12.1. The van der Waals surface area contributed by atoms with Gasteiger partial charge in [-0.25, -0.2) is 14.4 Å². The lowest BCUT2D eigenvalue weighted by Gasteiger charge is -2.14. The van der Waals surface area contributed by atoms with Gasteiger partial charge in [0.2, 0.25) is 0 Å². The van der Waals surface area contributed by atoms with E-state index in [4.69, 9.17) is 5.73 Å². The molecule has 1 unspecified atom stereocenters. The number of nitrogens with one attached hydrogen (secondary N) is 1. The van der Waals surface area contributed by atoms with Crippen LogP contribution in [-0.4, -0.2) is 25.5 Å². The number of aryl methyl sites for hydroxylation is 2. The molecule has 0 spiro atoms. The van der Waals surface area contributed by atoms with Gasteiger partial charge in [-0.15, -0.1) is 0 Å². The van der Waals surface area contributed by atoms with Gasteiger partial charge in [0.05, 0.1) is 5.39 Å². The molecule has 0 aliphatic carbocycles. The number of amides is 1. The zero-order valence-electron chi connectivity index (χ0n) is 16.4. The van der Waals surface area contributed by atoms with Crippen LogP contribution >= 0.6 is 0 Å². The van der Waals surface area contributed by atoms with Crippen molar-refractivity contribution >= 4 is 28.4 Å². The number of rotatable bonds is 4. The van der Waals surface area contributed by atoms with Gasteiger partial charge in [0.25, 0.3) is 5.91 Å². The van der Waals surface area contributed by atoms with Gasteiger partial charge in [0, 0.05) is 30.1 Å². The zero-order chi connectivity index (χ0) is 21.4. The Bertz CT molecular complexity index is 1270. The van der Waals surface area contributed by atoms with Crippen LogP contribution in [0.2, 0.25) is 0 Å². The summed E-state index contributed by atoms with van der Waals surface area (Å²) in [6.07, 6.45) is 1.74. The number of anilines is 2. The van der Waals surface area contributed by atoms with E-state index in [-0.39, 0.29) is 5.56 Å². The largest absolute Gasteiger partial charge is 0.383 e. The first kappa shape index (κ1) is 19.5. The van der Waals surface area contributed by atoms with E-state index in [1.165, 1.54) is 24.5 Å². The van der Waals surface area contributed by atoms with E-state index in [9.17, 15) is 14.3 Å². The van der Waals surface area contributed by atoms with Crippen LogP contribution in [0.25, 0.3) is 22.2 Å². The molecule has 0 aliphatic heterocycles. The molecule has 4 rings (SSSR count). The number of hydrogen-bond acceptors (Lipinski definition) is 5. The van der Waals surface area contributed by atoms with Gasteiger partial charge in [-0.1, -0.05) is 24.3 Å². The second kappa shape index (κ2) is 7.57. The minimum absolute atomic E-state index is 0.0745. The van der Waals surface area contributed by atoms with E-state index in [2.05, 4.69) is 15.3 Å². The minimum atomic E-state index is -1.61. The third-order valence-electron chi connectivity index (χ3n) is 5.02. The Balaban J connectivity index is 1.63. The summed E-state index contributed by atoms with van der Waals surface area (Å²) >= 11 is 0. The van der Waals surface area contributed by atoms with Gasteiger partial charge < -0.3 is 20.7 Å². The highest BCUT2D eigenvalue weighted by molar-refractivity contribution is 6.01. The molecular weight excluding hydrogens is 385 g/mol. The maximum atomic E-state index is 13.8. The molecule has 0 aliphatic rings. The number of nitrogens with two attached hydrogens (primary N) is 1. The molecule has 2 heterocycles. The predicted octanol–water partition coefficient (Wildman–Crippen LogP) is 3.34. The number of aromatic nitrogens is 3. The molecule has 0 saturated carbocycles. The zero-order valence-corrected chi connectivity index (χ0v) is 16.4. The maximum Gasteiger partial charge on any atom is 0.257 e. The molecule has 1 atom stereocenters. The molecule has 0 fully saturated rings. The summed E-state index contributed by atoms with van der Waals surface area (Å²) in [5.74, 6) is -0.960. The average Bonchev–Trinajstić information content (AvgIpc) is 3.05. The number of hydrogen-bond donors (Lipinski definition) is 3. The Morgan fingerprint density at radius 2 is 1.97 bits per heavy atom. The Hall–Kier alpha value is -3.78. The molecule has 8 heteroatoms. The van der Waals surface area contributed by atoms with E-state index >= 15 is 0 Å². The van der Waals surface area contributed by atoms with Gasteiger partial charge in [0.1, 0.15) is 23.6 Å². The number of benzene rings is 2. The summed E-state index contributed by atoms with van der Waals surface area (Å²) < 4.78 is 15.7. The maximum absolute atomic E-state index is 13.8. The number of fused-ring (bicyclic) bond motifs is 1. The van der Waals surface area contributed by atoms with E-state index in [0.29, 0.717) is 11.5 Å². The van der Waals surface area contributed by atoms with Crippen LogP contribution in [0.1, 0.15) is 17.2 Å². The smallest absolute Gasteiger partial charge is 0.257 e. The summed E-state index contributed by atoms with van der Waals surface area (Å²) in [6.45, 7) is 1.90. The number of halogens is 1. The van der Waals surface area contributed by atoms with Crippen LogP contribution in [0.15, 0.2) is 55.0 Å². The molecule has 0 saturated heterocycles. The monoisotopic (exact) mass is 405 g/mol. The van der Waals surface area contributed by atoms with Crippen LogP contribution in [0.4, 0.5) is 15.9 Å². The second-order valence-electron chi connectivity index (χ2n) is 7.05. The molecule has 7 nitrogen and oxygen atoms in total. The van der Waals surface area contributed by atoms with Crippen LogP contribution < -0.4 is 11.1 Å². The highest BCUT2D eigenvalue weighted by Gasteiger charge is 2.21. The molecule has 0 bridgehead atoms. The molecule has 1 amide bonds. The van der Waals surface area contributed by atoms with Crippen LogP contribution in [-0.2, 0) is 11.8 Å². The molecule has 2 aromatic heterocycles. The van der Waals surface area contributed by atoms with Crippen molar-refractivity contribution in [2.24, 2.45) is 7.05 Å². The van der Waals surface area contributed by atoms with Crippen LogP contribution in [0.3, 0.4) is 0 Å². The molecule has 30 heavy (non-hydrogen) atoms. The summed E-state index contributed by atoms with van der Waals surface area (Å²) in [6, 6.07) is 11.0. The van der Waals surface area contributed by atoms with E-state index in [1.807, 2.05) is 30.8 Å². The van der Waals surface area contributed by atoms with Crippen molar-refractivity contribution in [3.05, 3.63) is 71.9 Å². The topological polar surface area (TPSA) is 106 Å². The number of carbonyl (C=O) groups is 1. The lowest BCUT2D eigenvalue weighted by molar-refractivity contribution is -0.124. The second-order valence-corrected chi connectivity index (χ2v) is 7.05. The quantitative estimate of drug-likeness (QED) is 0.483. The SMILES string of the molecule is Cc1cc(NC(=O)C(O)c2ccccc2F)ccc1-c1cn(C)c2ncnc(N)c12. The first-order chi connectivity index (χ1) is 14.4. The van der Waals surface area contributed by atoms with Crippen molar-refractivity contribution in [3.63, 3.8) is 0 Å². The van der Waals surface area contributed by atoms with Gasteiger partial charge in [-0.05, 0) is 36.2 Å². The van der Waals surface area contributed by atoms with Gasteiger partial charge in [-0.2, -0.15) is 0 Å². The fourth-order valence-corrected chi connectivity index (χ4v) is 3.53. The van der Waals surface area contributed by atoms with E-state index in [1.54, 1.807) is 18.2 Å². The lowest BCUT2D eigenvalue weighted by Crippen LogP contribution is -2.21. The Morgan fingerprint density at radius 1 is 1.20 bits per heavy atom. The van der Waals surface area contributed by atoms with E-state index in [0.717, 1.165) is 27.7 Å². The number of aliphatic hydroxyl groups excluding tert-OH is 1. The van der Waals surface area contributed by atoms with E-state index < -0.39 is 17.8 Å². The van der Waals surface area contributed by atoms with Crippen molar-refractivity contribution < 1.29 is 14.3 Å². The first-order valence-corrected chi connectivity index (χ1v) is 9.26. The molecule has 0 radical (unpaired) electrons. The third-order valence-corrected chi connectivity index (χ3v) is 5.02. The average molecular weight is 405 g/mol. The van der Waals surface area contributed by atoms with Gasteiger partial charge >= 0.3 is 0 Å². The fourth-order valence-electron chi connectivity index (χ4n) is 3.53. The van der Waals surface area contributed by atoms with Crippen LogP contribution in [0, 0.1) is 12.7 Å². The minimum Gasteiger partial charge on any atom is -0.383 e. The number of nitrogens with zero attached hydrogens (tertiary/aromatic N) is 3. The molecular formula is C22H20FN5O2. The lowest BCUT2D eigenvalue weighted by atomic mass is 10.00. The van der Waals surface area contributed by atoms with Crippen molar-refractivity contribution in [3.8, 4) is 11.1 Å². The standard InChI is InChI=1S/C22H20FN5O2/c1-12-9-13(27-22(30)19(29)15-5-3-4-6-17(15)23)7-8-14(12)16-10-28(2)21-18(16)20(24)25-11-26-21/h3-11,19,29H,1-2H3,(H,27,30)(H2,24,25,26). The fraction of sp³-hybridized carbons (Fsp3) is 0.136. The Morgan fingerprint density at radius 3 is 2.70 bits per heavy atom. The first-order valence-electron chi connectivity index (χ1n) is 9.26. The number of nitrogen functional groups attached to an aromatic ring is 1. The van der Waals surface area contributed by atoms with Gasteiger partial charge in [0.15, 0.2) is 6.10 Å². The molecule has 152 valence electrons.